The second-order valence-corrected chi connectivity index (χ2v) is 5.62. The molecule has 0 aliphatic rings. The molecule has 0 spiro atoms. The highest BCUT2D eigenvalue weighted by Gasteiger charge is 2.15. The summed E-state index contributed by atoms with van der Waals surface area (Å²) in [5.74, 6) is 0. The van der Waals surface area contributed by atoms with E-state index in [9.17, 15) is 8.42 Å². The van der Waals surface area contributed by atoms with Gasteiger partial charge < -0.3 is 15.8 Å². The fourth-order valence-corrected chi connectivity index (χ4v) is 2.23. The van der Waals surface area contributed by atoms with Crippen LogP contribution in [-0.2, 0) is 14.8 Å². The molecule has 1 rings (SSSR count). The van der Waals surface area contributed by atoms with Crippen molar-refractivity contribution in [3.8, 4) is 0 Å². The molecule has 102 valence electrons. The van der Waals surface area contributed by atoms with Gasteiger partial charge in [0.05, 0.1) is 11.4 Å². The number of hydrogen-bond acceptors (Lipinski definition) is 5. The minimum Gasteiger partial charge on any atom is -0.396 e. The Bertz CT molecular complexity index is 502. The Labute approximate surface area is 107 Å². The van der Waals surface area contributed by atoms with Crippen LogP contribution in [-0.4, -0.2) is 28.2 Å². The molecule has 5 N–H and O–H groups in total. The van der Waals surface area contributed by atoms with E-state index in [0.29, 0.717) is 12.3 Å². The predicted molar refractivity (Wildman–Crippen MR) is 71.8 cm³/mol. The van der Waals surface area contributed by atoms with Gasteiger partial charge in [-0.1, -0.05) is 6.07 Å². The van der Waals surface area contributed by atoms with E-state index in [1.165, 1.54) is 6.07 Å². The average Bonchev–Trinajstić information content (AvgIpc) is 2.27. The molecule has 0 fully saturated rings. The van der Waals surface area contributed by atoms with Gasteiger partial charge in [0.2, 0.25) is 10.0 Å². The lowest BCUT2D eigenvalue weighted by Gasteiger charge is -2.17. The highest BCUT2D eigenvalue weighted by molar-refractivity contribution is 7.89. The first-order valence-electron chi connectivity index (χ1n) is 5.53. The molecular formula is C11H19N3O3S. The number of rotatable bonds is 6. The number of para-hydroxylation sites is 1. The summed E-state index contributed by atoms with van der Waals surface area (Å²) in [5, 5.41) is 8.21. The third-order valence-electron chi connectivity index (χ3n) is 2.53. The molecule has 1 aromatic carbocycles. The quantitative estimate of drug-likeness (QED) is 0.663. The summed E-state index contributed by atoms with van der Waals surface area (Å²) < 4.78 is 27.6. The summed E-state index contributed by atoms with van der Waals surface area (Å²) in [6, 6.07) is 4.81. The van der Waals surface area contributed by atoms with Crippen molar-refractivity contribution >= 4 is 21.4 Å². The van der Waals surface area contributed by atoms with E-state index in [-0.39, 0.29) is 16.6 Å². The van der Waals surface area contributed by atoms with Crippen molar-refractivity contribution in [1.29, 1.82) is 0 Å². The molecule has 0 saturated heterocycles. The summed E-state index contributed by atoms with van der Waals surface area (Å²) in [6.45, 7) is 2.57. The summed E-state index contributed by atoms with van der Waals surface area (Å²) >= 11 is 0. The molecule has 1 unspecified atom stereocenters. The second-order valence-electron chi connectivity index (χ2n) is 4.09. The van der Waals surface area contributed by atoms with Crippen LogP contribution >= 0.6 is 0 Å². The van der Waals surface area contributed by atoms with Gasteiger partial charge in [0.25, 0.3) is 0 Å². The first kappa shape index (κ1) is 14.7. The molecule has 1 aromatic rings. The van der Waals surface area contributed by atoms with Gasteiger partial charge in [-0.2, -0.15) is 0 Å². The SMILES string of the molecule is COCCC(C)Nc1cccc(S(N)(=O)=O)c1N. The summed E-state index contributed by atoms with van der Waals surface area (Å²) in [7, 11) is -2.17. The van der Waals surface area contributed by atoms with Gasteiger partial charge in [-0.15, -0.1) is 0 Å². The van der Waals surface area contributed by atoms with Gasteiger partial charge in [0.15, 0.2) is 0 Å². The van der Waals surface area contributed by atoms with Gasteiger partial charge >= 0.3 is 0 Å². The first-order chi connectivity index (χ1) is 8.36. The summed E-state index contributed by atoms with van der Waals surface area (Å²) in [4.78, 5) is -0.0635. The van der Waals surface area contributed by atoms with Gasteiger partial charge in [0, 0.05) is 19.8 Å². The largest absolute Gasteiger partial charge is 0.396 e. The Morgan fingerprint density at radius 2 is 2.11 bits per heavy atom. The van der Waals surface area contributed by atoms with E-state index in [1.54, 1.807) is 19.2 Å². The Balaban J connectivity index is 2.91. The predicted octanol–water partition coefficient (Wildman–Crippen LogP) is 0.753. The zero-order valence-corrected chi connectivity index (χ0v) is 11.3. The third-order valence-corrected chi connectivity index (χ3v) is 3.50. The number of ether oxygens (including phenoxy) is 1. The molecular weight excluding hydrogens is 254 g/mol. The zero-order chi connectivity index (χ0) is 13.8. The Hall–Kier alpha value is -1.31. The van der Waals surface area contributed by atoms with Crippen LogP contribution < -0.4 is 16.2 Å². The minimum atomic E-state index is -3.80. The molecule has 0 bridgehead atoms. The van der Waals surface area contributed by atoms with Crippen molar-refractivity contribution in [3.63, 3.8) is 0 Å². The topological polar surface area (TPSA) is 107 Å². The molecule has 0 aliphatic heterocycles. The molecule has 18 heavy (non-hydrogen) atoms. The molecule has 0 radical (unpaired) electrons. The van der Waals surface area contributed by atoms with E-state index in [4.69, 9.17) is 15.6 Å². The van der Waals surface area contributed by atoms with Crippen LogP contribution in [0.2, 0.25) is 0 Å². The van der Waals surface area contributed by atoms with Crippen LogP contribution in [0.4, 0.5) is 11.4 Å². The molecule has 0 saturated carbocycles. The first-order valence-corrected chi connectivity index (χ1v) is 7.07. The summed E-state index contributed by atoms with van der Waals surface area (Å²) in [5.41, 5.74) is 6.50. The van der Waals surface area contributed by atoms with E-state index in [1.807, 2.05) is 6.92 Å². The van der Waals surface area contributed by atoms with Gasteiger partial charge in [0.1, 0.15) is 4.90 Å². The fraction of sp³-hybridized carbons (Fsp3) is 0.455. The normalized spacial score (nSPS) is 13.3. The van der Waals surface area contributed by atoms with Crippen molar-refractivity contribution < 1.29 is 13.2 Å². The number of primary sulfonamides is 1. The lowest BCUT2D eigenvalue weighted by Crippen LogP contribution is -2.20. The number of hydrogen-bond donors (Lipinski definition) is 3. The number of nitrogens with two attached hydrogens (primary N) is 2. The number of sulfonamides is 1. The Morgan fingerprint density at radius 1 is 1.44 bits per heavy atom. The molecule has 0 amide bonds. The Kier molecular flexibility index (Phi) is 4.94. The van der Waals surface area contributed by atoms with Gasteiger partial charge in [-0.25, -0.2) is 13.6 Å². The molecule has 0 aromatic heterocycles. The van der Waals surface area contributed by atoms with E-state index in [0.717, 1.165) is 6.42 Å². The van der Waals surface area contributed by atoms with Crippen LogP contribution in [0, 0.1) is 0 Å². The van der Waals surface area contributed by atoms with Crippen LogP contribution in [0.3, 0.4) is 0 Å². The molecule has 0 heterocycles. The van der Waals surface area contributed by atoms with Crippen molar-refractivity contribution in [1.82, 2.24) is 0 Å². The van der Waals surface area contributed by atoms with Crippen molar-refractivity contribution in [3.05, 3.63) is 18.2 Å². The van der Waals surface area contributed by atoms with Crippen molar-refractivity contribution in [2.75, 3.05) is 24.8 Å². The van der Waals surface area contributed by atoms with Crippen LogP contribution in [0.1, 0.15) is 13.3 Å². The zero-order valence-electron chi connectivity index (χ0n) is 10.5. The van der Waals surface area contributed by atoms with E-state index < -0.39 is 10.0 Å². The van der Waals surface area contributed by atoms with Gasteiger partial charge in [-0.05, 0) is 25.5 Å². The summed E-state index contributed by atoms with van der Waals surface area (Å²) in [6.07, 6.45) is 0.787. The maximum Gasteiger partial charge on any atom is 0.240 e. The van der Waals surface area contributed by atoms with E-state index in [2.05, 4.69) is 5.32 Å². The Morgan fingerprint density at radius 3 is 2.67 bits per heavy atom. The molecule has 1 atom stereocenters. The number of nitrogens with one attached hydrogen (secondary N) is 1. The number of benzene rings is 1. The second kappa shape index (κ2) is 6.03. The van der Waals surface area contributed by atoms with Crippen LogP contribution in [0.15, 0.2) is 23.1 Å². The minimum absolute atomic E-state index is 0.0635. The van der Waals surface area contributed by atoms with Crippen LogP contribution in [0.25, 0.3) is 0 Å². The average molecular weight is 273 g/mol. The van der Waals surface area contributed by atoms with Gasteiger partial charge in [-0.3, -0.25) is 0 Å². The molecule has 0 aliphatic carbocycles. The smallest absolute Gasteiger partial charge is 0.240 e. The van der Waals surface area contributed by atoms with Crippen molar-refractivity contribution in [2.24, 2.45) is 5.14 Å². The molecule has 6 nitrogen and oxygen atoms in total. The van der Waals surface area contributed by atoms with Crippen LogP contribution in [0.5, 0.6) is 0 Å². The monoisotopic (exact) mass is 273 g/mol. The lowest BCUT2D eigenvalue weighted by atomic mass is 10.2. The van der Waals surface area contributed by atoms with Crippen molar-refractivity contribution in [2.45, 2.75) is 24.3 Å². The lowest BCUT2D eigenvalue weighted by molar-refractivity contribution is 0.191. The maximum atomic E-state index is 11.3. The fourth-order valence-electron chi connectivity index (χ4n) is 1.55. The highest BCUT2D eigenvalue weighted by atomic mass is 32.2. The third kappa shape index (κ3) is 3.86. The molecule has 7 heteroatoms. The number of anilines is 2. The standard InChI is InChI=1S/C11H19N3O3S/c1-8(6-7-17-2)14-9-4-3-5-10(11(9)12)18(13,15)16/h3-5,8,14H,6-7,12H2,1-2H3,(H2,13,15,16). The number of methoxy groups -OCH3 is 1. The number of nitrogen functional groups attached to an aromatic ring is 1. The maximum absolute atomic E-state index is 11.3. The highest BCUT2D eigenvalue weighted by Crippen LogP contribution is 2.26. The van der Waals surface area contributed by atoms with E-state index >= 15 is 0 Å².